The number of rotatable bonds is 2. The smallest absolute Gasteiger partial charge is 0.167 e. The molecule has 7 nitrogen and oxygen atoms in total. The molecule has 0 atom stereocenters. The van der Waals surface area contributed by atoms with Crippen molar-refractivity contribution in [1.29, 1.82) is 0 Å². The maximum Gasteiger partial charge on any atom is 0.167 e. The molecule has 30 heavy (non-hydrogen) atoms. The molecular weight excluding hydrogens is 374 g/mol. The Labute approximate surface area is 172 Å². The lowest BCUT2D eigenvalue weighted by molar-refractivity contribution is 0.838. The molecule has 0 saturated carbocycles. The highest BCUT2D eigenvalue weighted by Gasteiger charge is 2.24. The van der Waals surface area contributed by atoms with Crippen LogP contribution >= 0.6 is 0 Å². The molecule has 5 heterocycles. The molecule has 7 heteroatoms. The molecule has 146 valence electrons. The number of pyridine rings is 2. The standard InChI is InChI=1S/C23H19N7/c1-14-21(24)30-23(28-22(14)29-12-16-6-7-25-9-18(16)13-29)19(11-27-30)17-8-15-4-2-3-5-20(15)26-10-17/h2-11H,12-13,24H2,1H3. The highest BCUT2D eigenvalue weighted by atomic mass is 15.3. The van der Waals surface area contributed by atoms with Crippen molar-refractivity contribution in [1.82, 2.24) is 24.6 Å². The van der Waals surface area contributed by atoms with E-state index in [-0.39, 0.29) is 0 Å². The summed E-state index contributed by atoms with van der Waals surface area (Å²) in [5.41, 5.74) is 13.5. The zero-order valence-corrected chi connectivity index (χ0v) is 16.4. The molecule has 2 N–H and O–H groups in total. The van der Waals surface area contributed by atoms with Gasteiger partial charge in [-0.15, -0.1) is 0 Å². The molecule has 6 rings (SSSR count). The first-order valence-corrected chi connectivity index (χ1v) is 9.85. The van der Waals surface area contributed by atoms with Gasteiger partial charge in [0.2, 0.25) is 0 Å². The van der Waals surface area contributed by atoms with Gasteiger partial charge >= 0.3 is 0 Å². The van der Waals surface area contributed by atoms with Gasteiger partial charge in [0.15, 0.2) is 5.65 Å². The lowest BCUT2D eigenvalue weighted by Crippen LogP contribution is -2.19. The van der Waals surface area contributed by atoms with Crippen LogP contribution in [0.1, 0.15) is 16.7 Å². The Morgan fingerprint density at radius 3 is 2.77 bits per heavy atom. The van der Waals surface area contributed by atoms with Crippen LogP contribution in [0.5, 0.6) is 0 Å². The first-order valence-electron chi connectivity index (χ1n) is 9.85. The maximum atomic E-state index is 6.48. The zero-order chi connectivity index (χ0) is 20.2. The summed E-state index contributed by atoms with van der Waals surface area (Å²) in [7, 11) is 0. The molecule has 0 radical (unpaired) electrons. The molecule has 4 aromatic heterocycles. The van der Waals surface area contributed by atoms with Crippen LogP contribution in [-0.4, -0.2) is 24.6 Å². The van der Waals surface area contributed by atoms with Crippen LogP contribution < -0.4 is 10.6 Å². The van der Waals surface area contributed by atoms with Gasteiger partial charge in [0.1, 0.15) is 11.6 Å². The summed E-state index contributed by atoms with van der Waals surface area (Å²) in [5.74, 6) is 1.48. The number of fused-ring (bicyclic) bond motifs is 3. The van der Waals surface area contributed by atoms with Crippen molar-refractivity contribution < 1.29 is 0 Å². The van der Waals surface area contributed by atoms with E-state index in [1.54, 1.807) is 4.52 Å². The number of hydrogen-bond acceptors (Lipinski definition) is 6. The van der Waals surface area contributed by atoms with E-state index in [0.29, 0.717) is 5.82 Å². The molecule has 0 unspecified atom stereocenters. The van der Waals surface area contributed by atoms with E-state index < -0.39 is 0 Å². The Morgan fingerprint density at radius 1 is 1.00 bits per heavy atom. The van der Waals surface area contributed by atoms with E-state index in [4.69, 9.17) is 10.7 Å². The second-order valence-electron chi connectivity index (χ2n) is 7.66. The Kier molecular flexibility index (Phi) is 3.52. The number of anilines is 2. The number of hydrogen-bond donors (Lipinski definition) is 1. The van der Waals surface area contributed by atoms with E-state index in [2.05, 4.69) is 38.2 Å². The molecule has 1 aromatic carbocycles. The number of aromatic nitrogens is 5. The second kappa shape index (κ2) is 6.25. The number of benzene rings is 1. The molecule has 1 aliphatic heterocycles. The van der Waals surface area contributed by atoms with Crippen LogP contribution in [0.4, 0.5) is 11.6 Å². The fraction of sp³-hybridized carbons (Fsp3) is 0.130. The third-order valence-corrected chi connectivity index (χ3v) is 5.83. The lowest BCUT2D eigenvalue weighted by atomic mass is 10.1. The Balaban J connectivity index is 1.50. The predicted octanol–water partition coefficient (Wildman–Crippen LogP) is 3.75. The summed E-state index contributed by atoms with van der Waals surface area (Å²) in [5, 5.41) is 5.60. The number of nitrogen functional groups attached to an aromatic ring is 1. The molecule has 0 amide bonds. The van der Waals surface area contributed by atoms with Crippen LogP contribution in [0.3, 0.4) is 0 Å². The van der Waals surface area contributed by atoms with Gasteiger partial charge in [-0.25, -0.2) is 4.98 Å². The topological polar surface area (TPSA) is 85.2 Å². The van der Waals surface area contributed by atoms with E-state index in [0.717, 1.165) is 52.1 Å². The summed E-state index contributed by atoms with van der Waals surface area (Å²) in [4.78, 5) is 16.1. The summed E-state index contributed by atoms with van der Waals surface area (Å²) in [6.45, 7) is 3.56. The summed E-state index contributed by atoms with van der Waals surface area (Å²) >= 11 is 0. The average molecular weight is 393 g/mol. The van der Waals surface area contributed by atoms with Crippen molar-refractivity contribution >= 4 is 28.2 Å². The number of para-hydroxylation sites is 1. The first-order chi connectivity index (χ1) is 14.7. The third-order valence-electron chi connectivity index (χ3n) is 5.83. The van der Waals surface area contributed by atoms with Crippen LogP contribution in [-0.2, 0) is 13.1 Å². The van der Waals surface area contributed by atoms with Crippen molar-refractivity contribution in [3.05, 3.63) is 77.9 Å². The molecule has 0 bridgehead atoms. The Bertz CT molecular complexity index is 1410. The first kappa shape index (κ1) is 16.9. The van der Waals surface area contributed by atoms with Gasteiger partial charge in [-0.1, -0.05) is 18.2 Å². The second-order valence-corrected chi connectivity index (χ2v) is 7.66. The molecular formula is C23H19N7. The predicted molar refractivity (Wildman–Crippen MR) is 117 cm³/mol. The van der Waals surface area contributed by atoms with Gasteiger partial charge in [0, 0.05) is 53.8 Å². The van der Waals surface area contributed by atoms with Gasteiger partial charge in [-0.05, 0) is 36.2 Å². The summed E-state index contributed by atoms with van der Waals surface area (Å²) < 4.78 is 1.72. The Morgan fingerprint density at radius 2 is 1.87 bits per heavy atom. The zero-order valence-electron chi connectivity index (χ0n) is 16.4. The van der Waals surface area contributed by atoms with E-state index in [1.807, 2.05) is 49.9 Å². The van der Waals surface area contributed by atoms with Gasteiger partial charge in [-0.2, -0.15) is 9.61 Å². The quantitative estimate of drug-likeness (QED) is 0.492. The fourth-order valence-corrected chi connectivity index (χ4v) is 4.18. The minimum atomic E-state index is 0.601. The molecule has 0 aliphatic carbocycles. The lowest BCUT2D eigenvalue weighted by Gasteiger charge is -2.20. The van der Waals surface area contributed by atoms with Gasteiger partial charge in [-0.3, -0.25) is 9.97 Å². The van der Waals surface area contributed by atoms with Crippen molar-refractivity contribution in [2.24, 2.45) is 0 Å². The van der Waals surface area contributed by atoms with Crippen molar-refractivity contribution in [2.45, 2.75) is 20.0 Å². The van der Waals surface area contributed by atoms with Gasteiger partial charge < -0.3 is 10.6 Å². The van der Waals surface area contributed by atoms with Crippen molar-refractivity contribution in [2.75, 3.05) is 10.6 Å². The largest absolute Gasteiger partial charge is 0.383 e. The Hall–Kier alpha value is -4.00. The average Bonchev–Trinajstić information content (AvgIpc) is 3.40. The molecule has 0 saturated heterocycles. The van der Waals surface area contributed by atoms with Crippen LogP contribution in [0.25, 0.3) is 27.7 Å². The maximum absolute atomic E-state index is 6.48. The van der Waals surface area contributed by atoms with Crippen LogP contribution in [0.2, 0.25) is 0 Å². The molecule has 0 spiro atoms. The van der Waals surface area contributed by atoms with Crippen LogP contribution in [0.15, 0.2) is 61.2 Å². The van der Waals surface area contributed by atoms with Crippen LogP contribution in [0, 0.1) is 6.92 Å². The number of nitrogens with two attached hydrogens (primary N) is 1. The fourth-order valence-electron chi connectivity index (χ4n) is 4.18. The third kappa shape index (κ3) is 2.45. The highest BCUT2D eigenvalue weighted by Crippen LogP contribution is 2.34. The van der Waals surface area contributed by atoms with Gasteiger partial charge in [0.05, 0.1) is 11.7 Å². The number of nitrogens with zero attached hydrogens (tertiary/aromatic N) is 6. The molecule has 0 fully saturated rings. The SMILES string of the molecule is Cc1c(N2Cc3ccncc3C2)nc2c(-c3cnc4ccccc4c3)cnn2c1N. The van der Waals surface area contributed by atoms with Crippen molar-refractivity contribution in [3.63, 3.8) is 0 Å². The molecule has 1 aliphatic rings. The van der Waals surface area contributed by atoms with Crippen molar-refractivity contribution in [3.8, 4) is 11.1 Å². The van der Waals surface area contributed by atoms with E-state index in [9.17, 15) is 0 Å². The summed E-state index contributed by atoms with van der Waals surface area (Å²) in [6.07, 6.45) is 7.45. The monoisotopic (exact) mass is 393 g/mol. The van der Waals surface area contributed by atoms with E-state index >= 15 is 0 Å². The van der Waals surface area contributed by atoms with Gasteiger partial charge in [0.25, 0.3) is 0 Å². The molecule has 5 aromatic rings. The minimum Gasteiger partial charge on any atom is -0.383 e. The normalized spacial score (nSPS) is 13.3. The summed E-state index contributed by atoms with van der Waals surface area (Å²) in [6, 6.07) is 12.3. The minimum absolute atomic E-state index is 0.601. The van der Waals surface area contributed by atoms with E-state index in [1.165, 1.54) is 11.1 Å². The highest BCUT2D eigenvalue weighted by molar-refractivity contribution is 5.87.